The van der Waals surface area contributed by atoms with Gasteiger partial charge in [0.1, 0.15) is 6.54 Å². The van der Waals surface area contributed by atoms with Gasteiger partial charge < -0.3 is 15.5 Å². The SMILES string of the molecule is CCNC(=NCc1nnc2ccccn12)NCCCN1CCN(C)CC1c1ccccc1. The third-order valence-electron chi connectivity index (χ3n) is 5.90. The Hall–Kier alpha value is -2.97. The normalized spacial score (nSPS) is 18.2. The molecule has 0 aliphatic carbocycles. The summed E-state index contributed by atoms with van der Waals surface area (Å²) in [5.41, 5.74) is 2.25. The minimum absolute atomic E-state index is 0.457. The van der Waals surface area contributed by atoms with Crippen LogP contribution in [0.1, 0.15) is 30.8 Å². The van der Waals surface area contributed by atoms with Crippen LogP contribution in [-0.4, -0.2) is 76.7 Å². The molecule has 1 aromatic carbocycles. The lowest BCUT2D eigenvalue weighted by Crippen LogP contribution is -2.47. The van der Waals surface area contributed by atoms with Crippen molar-refractivity contribution in [2.75, 3.05) is 46.3 Å². The molecule has 0 spiro atoms. The van der Waals surface area contributed by atoms with Gasteiger partial charge in [0.05, 0.1) is 0 Å². The largest absolute Gasteiger partial charge is 0.357 e. The molecule has 1 atom stereocenters. The Bertz CT molecular complexity index is 999. The predicted molar refractivity (Wildman–Crippen MR) is 129 cm³/mol. The van der Waals surface area contributed by atoms with Crippen molar-refractivity contribution < 1.29 is 0 Å². The lowest BCUT2D eigenvalue weighted by atomic mass is 10.0. The van der Waals surface area contributed by atoms with Crippen LogP contribution in [0, 0.1) is 0 Å². The molecule has 3 aromatic rings. The van der Waals surface area contributed by atoms with Crippen LogP contribution in [0.15, 0.2) is 59.7 Å². The highest BCUT2D eigenvalue weighted by atomic mass is 15.3. The van der Waals surface area contributed by atoms with E-state index in [-0.39, 0.29) is 0 Å². The molecule has 1 aliphatic rings. The van der Waals surface area contributed by atoms with Crippen molar-refractivity contribution in [3.05, 3.63) is 66.1 Å². The predicted octanol–water partition coefficient (Wildman–Crippen LogP) is 2.16. The molecule has 1 unspecified atom stereocenters. The van der Waals surface area contributed by atoms with E-state index in [1.54, 1.807) is 0 Å². The fourth-order valence-electron chi connectivity index (χ4n) is 4.20. The standard InChI is InChI=1S/C24H34N8/c1-3-25-24(27-18-23-29-28-22-12-7-8-15-32(22)23)26-13-9-14-31-17-16-30(2)19-21(31)20-10-5-4-6-11-20/h4-8,10-12,15,21H,3,9,13-14,16-19H2,1-2H3,(H2,25,26,27). The van der Waals surface area contributed by atoms with E-state index in [1.165, 1.54) is 5.56 Å². The first-order valence-corrected chi connectivity index (χ1v) is 11.5. The Morgan fingerprint density at radius 3 is 2.75 bits per heavy atom. The van der Waals surface area contributed by atoms with Crippen molar-refractivity contribution in [3.8, 4) is 0 Å². The van der Waals surface area contributed by atoms with E-state index in [9.17, 15) is 0 Å². The average molecular weight is 435 g/mol. The first kappa shape index (κ1) is 22.2. The summed E-state index contributed by atoms with van der Waals surface area (Å²) in [6.45, 7) is 8.62. The van der Waals surface area contributed by atoms with Crippen LogP contribution in [0.3, 0.4) is 0 Å². The van der Waals surface area contributed by atoms with Crippen LogP contribution in [-0.2, 0) is 6.54 Å². The number of pyridine rings is 1. The molecule has 1 saturated heterocycles. The Morgan fingerprint density at radius 2 is 1.91 bits per heavy atom. The molecule has 1 aliphatic heterocycles. The zero-order valence-electron chi connectivity index (χ0n) is 19.1. The van der Waals surface area contributed by atoms with E-state index in [1.807, 2.05) is 28.8 Å². The number of guanidine groups is 1. The molecule has 32 heavy (non-hydrogen) atoms. The van der Waals surface area contributed by atoms with Crippen molar-refractivity contribution in [2.45, 2.75) is 25.9 Å². The van der Waals surface area contributed by atoms with Gasteiger partial charge in [0, 0.05) is 51.5 Å². The quantitative estimate of drug-likeness (QED) is 0.322. The number of nitrogens with one attached hydrogen (secondary N) is 2. The van der Waals surface area contributed by atoms with Crippen molar-refractivity contribution in [2.24, 2.45) is 4.99 Å². The molecule has 170 valence electrons. The van der Waals surface area contributed by atoms with Crippen molar-refractivity contribution >= 4 is 11.6 Å². The molecule has 0 radical (unpaired) electrons. The smallest absolute Gasteiger partial charge is 0.191 e. The van der Waals surface area contributed by atoms with E-state index >= 15 is 0 Å². The number of hydrogen-bond acceptors (Lipinski definition) is 5. The van der Waals surface area contributed by atoms with Gasteiger partial charge in [-0.3, -0.25) is 9.30 Å². The Morgan fingerprint density at radius 1 is 1.06 bits per heavy atom. The van der Waals surface area contributed by atoms with E-state index in [0.717, 1.165) is 63.1 Å². The molecule has 3 heterocycles. The molecule has 2 N–H and O–H groups in total. The van der Waals surface area contributed by atoms with Gasteiger partial charge >= 0.3 is 0 Å². The van der Waals surface area contributed by atoms with Crippen LogP contribution in [0.4, 0.5) is 0 Å². The van der Waals surface area contributed by atoms with Gasteiger partial charge in [-0.2, -0.15) is 0 Å². The average Bonchev–Trinajstić information content (AvgIpc) is 3.24. The molecule has 0 amide bonds. The lowest BCUT2D eigenvalue weighted by Gasteiger charge is -2.40. The first-order valence-electron chi connectivity index (χ1n) is 11.5. The zero-order chi connectivity index (χ0) is 22.2. The number of rotatable bonds is 8. The zero-order valence-corrected chi connectivity index (χ0v) is 19.1. The second kappa shape index (κ2) is 11.1. The summed E-state index contributed by atoms with van der Waals surface area (Å²) in [5, 5.41) is 15.3. The lowest BCUT2D eigenvalue weighted by molar-refractivity contribution is 0.0891. The molecule has 8 nitrogen and oxygen atoms in total. The summed E-state index contributed by atoms with van der Waals surface area (Å²) in [4.78, 5) is 9.76. The van der Waals surface area contributed by atoms with Gasteiger partial charge in [-0.05, 0) is 38.1 Å². The van der Waals surface area contributed by atoms with E-state index in [2.05, 4.69) is 74.9 Å². The van der Waals surface area contributed by atoms with Crippen LogP contribution in [0.2, 0.25) is 0 Å². The number of hydrogen-bond donors (Lipinski definition) is 2. The Kier molecular flexibility index (Phi) is 7.68. The Labute approximate surface area is 190 Å². The highest BCUT2D eigenvalue weighted by Gasteiger charge is 2.25. The fourth-order valence-corrected chi connectivity index (χ4v) is 4.20. The summed E-state index contributed by atoms with van der Waals surface area (Å²) in [7, 11) is 2.21. The van der Waals surface area contributed by atoms with Crippen LogP contribution >= 0.6 is 0 Å². The number of nitrogens with zero attached hydrogens (tertiary/aromatic N) is 6. The summed E-state index contributed by atoms with van der Waals surface area (Å²) < 4.78 is 1.98. The molecule has 0 saturated carbocycles. The molecule has 8 heteroatoms. The second-order valence-corrected chi connectivity index (χ2v) is 8.25. The van der Waals surface area contributed by atoms with Crippen molar-refractivity contribution in [3.63, 3.8) is 0 Å². The maximum atomic E-state index is 4.71. The number of fused-ring (bicyclic) bond motifs is 1. The van der Waals surface area contributed by atoms with Gasteiger partial charge in [0.15, 0.2) is 17.4 Å². The molecule has 1 fully saturated rings. The summed E-state index contributed by atoms with van der Waals surface area (Å²) in [6, 6.07) is 17.2. The van der Waals surface area contributed by atoms with E-state index in [0.29, 0.717) is 12.6 Å². The second-order valence-electron chi connectivity index (χ2n) is 8.25. The third kappa shape index (κ3) is 5.63. The third-order valence-corrected chi connectivity index (χ3v) is 5.90. The molecular formula is C24H34N8. The van der Waals surface area contributed by atoms with Crippen molar-refractivity contribution in [1.29, 1.82) is 0 Å². The summed E-state index contributed by atoms with van der Waals surface area (Å²) in [5.74, 6) is 1.65. The Balaban J connectivity index is 1.30. The van der Waals surface area contributed by atoms with Crippen LogP contribution in [0.25, 0.3) is 5.65 Å². The maximum Gasteiger partial charge on any atom is 0.191 e. The number of piperazine rings is 1. The van der Waals surface area contributed by atoms with Gasteiger partial charge in [0.2, 0.25) is 0 Å². The molecular weight excluding hydrogens is 400 g/mol. The fraction of sp³-hybridized carbons (Fsp3) is 0.458. The van der Waals surface area contributed by atoms with Gasteiger partial charge in [-0.1, -0.05) is 36.4 Å². The highest BCUT2D eigenvalue weighted by molar-refractivity contribution is 5.79. The number of benzene rings is 1. The number of aromatic nitrogens is 3. The van der Waals surface area contributed by atoms with Gasteiger partial charge in [0.25, 0.3) is 0 Å². The molecule has 2 aromatic heterocycles. The van der Waals surface area contributed by atoms with E-state index < -0.39 is 0 Å². The maximum absolute atomic E-state index is 4.71. The monoisotopic (exact) mass is 434 g/mol. The van der Waals surface area contributed by atoms with Gasteiger partial charge in [-0.25, -0.2) is 4.99 Å². The number of likely N-dealkylation sites (N-methyl/N-ethyl adjacent to an activating group) is 1. The first-order chi connectivity index (χ1) is 15.7. The van der Waals surface area contributed by atoms with Crippen molar-refractivity contribution in [1.82, 2.24) is 35.0 Å². The van der Waals surface area contributed by atoms with Gasteiger partial charge in [-0.15, -0.1) is 10.2 Å². The highest BCUT2D eigenvalue weighted by Crippen LogP contribution is 2.24. The molecule has 4 rings (SSSR count). The number of aliphatic imine (C=N–C) groups is 1. The summed E-state index contributed by atoms with van der Waals surface area (Å²) in [6.07, 6.45) is 3.03. The topological polar surface area (TPSA) is 73.1 Å². The minimum Gasteiger partial charge on any atom is -0.357 e. The minimum atomic E-state index is 0.457. The van der Waals surface area contributed by atoms with E-state index in [4.69, 9.17) is 4.99 Å². The van der Waals surface area contributed by atoms with Crippen LogP contribution < -0.4 is 10.6 Å². The van der Waals surface area contributed by atoms with Crippen LogP contribution in [0.5, 0.6) is 0 Å². The molecule has 0 bridgehead atoms. The summed E-state index contributed by atoms with van der Waals surface area (Å²) >= 11 is 0.